The first-order chi connectivity index (χ1) is 12.1. The fraction of sp³-hybridized carbons (Fsp3) is 0.450. The maximum absolute atomic E-state index is 5.58. The Kier molecular flexibility index (Phi) is 4.29. The number of likely N-dealkylation sites (tertiary alicyclic amines) is 1. The molecule has 5 heteroatoms. The highest BCUT2D eigenvalue weighted by Gasteiger charge is 2.36. The number of ether oxygens (including phenoxy) is 2. The molecule has 2 unspecified atom stereocenters. The van der Waals surface area contributed by atoms with Crippen molar-refractivity contribution in [2.45, 2.75) is 25.3 Å². The molecule has 1 aromatic heterocycles. The minimum Gasteiger partial charge on any atom is -0.493 e. The first-order valence-corrected chi connectivity index (χ1v) is 9.56. The highest BCUT2D eigenvalue weighted by atomic mass is 32.1. The minimum absolute atomic E-state index is 0.346. The van der Waals surface area contributed by atoms with Gasteiger partial charge in [0.15, 0.2) is 11.5 Å². The van der Waals surface area contributed by atoms with Crippen molar-refractivity contribution in [3.05, 3.63) is 45.1 Å². The maximum atomic E-state index is 5.58. The first-order valence-electron chi connectivity index (χ1n) is 8.69. The lowest BCUT2D eigenvalue weighted by molar-refractivity contribution is 0.227. The van der Waals surface area contributed by atoms with Crippen LogP contribution in [0.1, 0.15) is 33.9 Å². The van der Waals surface area contributed by atoms with Gasteiger partial charge in [-0.05, 0) is 61.6 Å². The van der Waals surface area contributed by atoms with Gasteiger partial charge in [0.05, 0.1) is 30.9 Å². The molecule has 0 aliphatic carbocycles. The molecule has 2 aromatic rings. The van der Waals surface area contributed by atoms with Crippen LogP contribution in [0.5, 0.6) is 11.5 Å². The summed E-state index contributed by atoms with van der Waals surface area (Å²) in [6.07, 6.45) is 1.10. The third-order valence-electron chi connectivity index (χ3n) is 5.25. The van der Waals surface area contributed by atoms with Gasteiger partial charge in [0.1, 0.15) is 0 Å². The first kappa shape index (κ1) is 16.6. The van der Waals surface area contributed by atoms with Gasteiger partial charge in [-0.1, -0.05) is 0 Å². The van der Waals surface area contributed by atoms with Crippen molar-refractivity contribution in [1.29, 1.82) is 0 Å². The normalized spacial score (nSPS) is 22.8. The summed E-state index contributed by atoms with van der Waals surface area (Å²) >= 11 is 1.77. The molecule has 0 radical (unpaired) electrons. The number of fused-ring (bicyclic) bond motifs is 3. The molecule has 0 bridgehead atoms. The van der Waals surface area contributed by atoms with Gasteiger partial charge in [-0.15, -0.1) is 11.3 Å². The number of thiophene rings is 1. The van der Waals surface area contributed by atoms with Crippen molar-refractivity contribution >= 4 is 17.0 Å². The van der Waals surface area contributed by atoms with Crippen LogP contribution in [0.15, 0.2) is 28.6 Å². The second kappa shape index (κ2) is 6.46. The van der Waals surface area contributed by atoms with E-state index < -0.39 is 0 Å². The Balaban J connectivity index is 1.90. The monoisotopic (exact) mass is 356 g/mol. The summed E-state index contributed by atoms with van der Waals surface area (Å²) in [5.41, 5.74) is 4.93. The van der Waals surface area contributed by atoms with Crippen LogP contribution in [0.4, 0.5) is 0 Å². The zero-order valence-electron chi connectivity index (χ0n) is 15.2. The van der Waals surface area contributed by atoms with E-state index in [1.54, 1.807) is 25.6 Å². The average Bonchev–Trinajstić information content (AvgIpc) is 3.06. The zero-order valence-corrected chi connectivity index (χ0v) is 16.0. The fourth-order valence-corrected chi connectivity index (χ4v) is 4.87. The molecule has 25 heavy (non-hydrogen) atoms. The van der Waals surface area contributed by atoms with E-state index in [9.17, 15) is 0 Å². The van der Waals surface area contributed by atoms with Gasteiger partial charge >= 0.3 is 0 Å². The predicted octanol–water partition coefficient (Wildman–Crippen LogP) is 3.71. The van der Waals surface area contributed by atoms with E-state index in [-0.39, 0.29) is 0 Å². The quantitative estimate of drug-likeness (QED) is 0.841. The third-order valence-corrected chi connectivity index (χ3v) is 6.30. The molecule has 2 aliphatic rings. The van der Waals surface area contributed by atoms with Crippen LogP contribution < -0.4 is 9.47 Å². The molecule has 2 atom stereocenters. The molecule has 4 nitrogen and oxygen atoms in total. The van der Waals surface area contributed by atoms with Crippen LogP contribution in [0.3, 0.4) is 0 Å². The molecule has 0 spiro atoms. The molecule has 3 heterocycles. The predicted molar refractivity (Wildman–Crippen MR) is 103 cm³/mol. The molecule has 0 N–H and O–H groups in total. The number of likely N-dealkylation sites (N-methyl/N-ethyl adjacent to an activating group) is 1. The van der Waals surface area contributed by atoms with Gasteiger partial charge < -0.3 is 14.4 Å². The van der Waals surface area contributed by atoms with E-state index >= 15 is 0 Å². The molecular weight excluding hydrogens is 332 g/mol. The minimum atomic E-state index is 0.346. The highest BCUT2D eigenvalue weighted by Crippen LogP contribution is 2.42. The van der Waals surface area contributed by atoms with E-state index in [2.05, 4.69) is 42.5 Å². The Hall–Kier alpha value is -1.85. The van der Waals surface area contributed by atoms with Crippen LogP contribution in [-0.2, 0) is 0 Å². The Morgan fingerprint density at radius 1 is 1.16 bits per heavy atom. The number of rotatable bonds is 3. The summed E-state index contributed by atoms with van der Waals surface area (Å²) in [6, 6.07) is 6.85. The molecule has 2 aliphatic heterocycles. The van der Waals surface area contributed by atoms with Gasteiger partial charge in [-0.25, -0.2) is 0 Å². The Labute approximate surface area is 153 Å². The van der Waals surface area contributed by atoms with Gasteiger partial charge in [0.25, 0.3) is 0 Å². The van der Waals surface area contributed by atoms with Crippen molar-refractivity contribution in [2.24, 2.45) is 4.99 Å². The third kappa shape index (κ3) is 2.85. The van der Waals surface area contributed by atoms with E-state index in [4.69, 9.17) is 14.5 Å². The SMILES string of the molecule is COc1cc2c(cc1OC)C1CN(C)CCC1N=C2c1cc(C)cs1. The topological polar surface area (TPSA) is 34.1 Å². The zero-order chi connectivity index (χ0) is 17.6. The van der Waals surface area contributed by atoms with Crippen LogP contribution in [0.25, 0.3) is 0 Å². The maximum Gasteiger partial charge on any atom is 0.161 e. The highest BCUT2D eigenvalue weighted by molar-refractivity contribution is 7.12. The summed E-state index contributed by atoms with van der Waals surface area (Å²) < 4.78 is 11.1. The number of hydrogen-bond donors (Lipinski definition) is 0. The molecule has 132 valence electrons. The smallest absolute Gasteiger partial charge is 0.161 e. The van der Waals surface area contributed by atoms with Crippen molar-refractivity contribution < 1.29 is 9.47 Å². The van der Waals surface area contributed by atoms with Crippen molar-refractivity contribution in [1.82, 2.24) is 4.90 Å². The van der Waals surface area contributed by atoms with Crippen molar-refractivity contribution in [3.63, 3.8) is 0 Å². The lowest BCUT2D eigenvalue weighted by atomic mass is 9.79. The van der Waals surface area contributed by atoms with Crippen LogP contribution in [0.2, 0.25) is 0 Å². The summed E-state index contributed by atoms with van der Waals surface area (Å²) in [6.45, 7) is 4.27. The van der Waals surface area contributed by atoms with Crippen LogP contribution >= 0.6 is 11.3 Å². The number of nitrogens with zero attached hydrogens (tertiary/aromatic N) is 2. The van der Waals surface area contributed by atoms with E-state index in [1.165, 1.54) is 21.6 Å². The largest absolute Gasteiger partial charge is 0.493 e. The van der Waals surface area contributed by atoms with E-state index in [0.29, 0.717) is 12.0 Å². The second-order valence-electron chi connectivity index (χ2n) is 6.99. The van der Waals surface area contributed by atoms with Gasteiger partial charge in [0, 0.05) is 18.0 Å². The number of piperidine rings is 1. The standard InChI is InChI=1S/C20H24N2O2S/c1-12-7-19(25-11-12)20-14-9-18(24-4)17(23-3)8-13(14)15-10-22(2)6-5-16(15)21-20/h7-9,11,15-16H,5-6,10H2,1-4H3. The lowest BCUT2D eigenvalue weighted by Crippen LogP contribution is -2.41. The van der Waals surface area contributed by atoms with Gasteiger partial charge in [0.2, 0.25) is 0 Å². The molecular formula is C20H24N2O2S. The summed E-state index contributed by atoms with van der Waals surface area (Å²) in [4.78, 5) is 8.84. The van der Waals surface area contributed by atoms with Crippen LogP contribution in [-0.4, -0.2) is 51.0 Å². The van der Waals surface area contributed by atoms with Gasteiger partial charge in [-0.3, -0.25) is 4.99 Å². The molecule has 0 amide bonds. The molecule has 1 fully saturated rings. The second-order valence-corrected chi connectivity index (χ2v) is 7.90. The summed E-state index contributed by atoms with van der Waals surface area (Å²) in [5.74, 6) is 1.99. The average molecular weight is 356 g/mol. The number of aryl methyl sites for hydroxylation is 1. The lowest BCUT2D eigenvalue weighted by Gasteiger charge is -2.39. The number of methoxy groups -OCH3 is 2. The Morgan fingerprint density at radius 3 is 2.60 bits per heavy atom. The molecule has 4 rings (SSSR count). The number of aliphatic imine (C=N–C) groups is 1. The summed E-state index contributed by atoms with van der Waals surface area (Å²) in [7, 11) is 5.59. The fourth-order valence-electron chi connectivity index (χ4n) is 3.96. The molecule has 0 saturated carbocycles. The van der Waals surface area contributed by atoms with Crippen molar-refractivity contribution in [2.75, 3.05) is 34.4 Å². The molecule has 1 aromatic carbocycles. The van der Waals surface area contributed by atoms with Gasteiger partial charge in [-0.2, -0.15) is 0 Å². The number of hydrogen-bond acceptors (Lipinski definition) is 5. The van der Waals surface area contributed by atoms with E-state index in [0.717, 1.165) is 36.7 Å². The Morgan fingerprint density at radius 2 is 1.92 bits per heavy atom. The van der Waals surface area contributed by atoms with Crippen molar-refractivity contribution in [3.8, 4) is 11.5 Å². The van der Waals surface area contributed by atoms with Crippen LogP contribution in [0, 0.1) is 6.92 Å². The number of benzene rings is 1. The summed E-state index contributed by atoms with van der Waals surface area (Å²) in [5, 5.41) is 2.19. The van der Waals surface area contributed by atoms with E-state index in [1.807, 2.05) is 0 Å². The molecule has 1 saturated heterocycles. The Bertz CT molecular complexity index is 827.